The van der Waals surface area contributed by atoms with Crippen LogP contribution in [0.2, 0.25) is 0 Å². The minimum Gasteiger partial charge on any atom is -0.404 e. The second kappa shape index (κ2) is 10.6. The quantitative estimate of drug-likeness (QED) is 0.174. The van der Waals surface area contributed by atoms with Gasteiger partial charge < -0.3 is 31.0 Å². The van der Waals surface area contributed by atoms with E-state index in [9.17, 15) is 9.59 Å². The van der Waals surface area contributed by atoms with E-state index in [-0.39, 0.29) is 46.9 Å². The van der Waals surface area contributed by atoms with Crippen molar-refractivity contribution in [2.45, 2.75) is 114 Å². The summed E-state index contributed by atoms with van der Waals surface area (Å²) in [7, 11) is -0.541. The molecule has 1 aromatic rings. The van der Waals surface area contributed by atoms with E-state index in [4.69, 9.17) is 20.8 Å². The van der Waals surface area contributed by atoms with Crippen molar-refractivity contribution in [1.29, 1.82) is 0 Å². The second-order valence-electron chi connectivity index (χ2n) is 13.9. The van der Waals surface area contributed by atoms with E-state index in [0.717, 1.165) is 24.8 Å². The highest BCUT2D eigenvalue weighted by molar-refractivity contribution is 6.48. The van der Waals surface area contributed by atoms with E-state index in [2.05, 4.69) is 31.1 Å². The van der Waals surface area contributed by atoms with Crippen molar-refractivity contribution in [3.05, 3.63) is 35.9 Å². The number of carbonyl (C=O) groups is 2. The number of aryl methyl sites for hydroxylation is 1. The number of benzene rings is 1. The smallest absolute Gasteiger partial charge is 0.404 e. The first-order chi connectivity index (χ1) is 19.5. The summed E-state index contributed by atoms with van der Waals surface area (Å²) in [4.78, 5) is 33.9. The Morgan fingerprint density at radius 2 is 1.88 bits per heavy atom. The zero-order valence-electron chi connectivity index (χ0n) is 24.8. The Labute approximate surface area is 244 Å². The lowest BCUT2D eigenvalue weighted by molar-refractivity contribution is -0.199. The van der Waals surface area contributed by atoms with E-state index in [1.54, 1.807) is 0 Å². The fraction of sp³-hybridized carbons (Fsp3) is 0.710. The Hall–Kier alpha value is -2.59. The highest BCUT2D eigenvalue weighted by atomic mass is 16.7. The number of guanidine groups is 1. The minimum atomic E-state index is -0.796. The molecule has 6 aliphatic rings. The van der Waals surface area contributed by atoms with Gasteiger partial charge in [0.05, 0.1) is 17.6 Å². The molecule has 5 atom stereocenters. The van der Waals surface area contributed by atoms with E-state index in [0.29, 0.717) is 56.9 Å². The summed E-state index contributed by atoms with van der Waals surface area (Å²) in [5, 5.41) is 3.35. The van der Waals surface area contributed by atoms with Crippen LogP contribution in [0, 0.1) is 17.3 Å². The summed E-state index contributed by atoms with van der Waals surface area (Å²) in [6.45, 7) is 7.36. The topological polar surface area (TPSA) is 132 Å². The number of nitrogens with two attached hydrogens (primary N) is 2. The summed E-state index contributed by atoms with van der Waals surface area (Å²) in [6.07, 6.45) is 7.71. The maximum absolute atomic E-state index is 14.2. The van der Waals surface area contributed by atoms with Gasteiger partial charge in [0.25, 0.3) is 0 Å². The number of hydrogen-bond acceptors (Lipinski definition) is 5. The molecule has 0 unspecified atom stereocenters. The fourth-order valence-electron chi connectivity index (χ4n) is 8.89. The Morgan fingerprint density at radius 3 is 2.56 bits per heavy atom. The largest absolute Gasteiger partial charge is 0.481 e. The molecule has 3 aliphatic carbocycles. The van der Waals surface area contributed by atoms with Gasteiger partial charge in [0.2, 0.25) is 11.8 Å². The number of nitrogens with zero attached hydrogens (tertiary/aromatic N) is 2. The normalized spacial score (nSPS) is 35.0. The van der Waals surface area contributed by atoms with Crippen molar-refractivity contribution in [3.63, 3.8) is 0 Å². The average Bonchev–Trinajstić information content (AvgIpc) is 3.63. The van der Waals surface area contributed by atoms with Crippen LogP contribution in [-0.2, 0) is 25.3 Å². The van der Waals surface area contributed by atoms with Gasteiger partial charge in [0.1, 0.15) is 5.54 Å². The van der Waals surface area contributed by atoms with Crippen LogP contribution < -0.4 is 16.8 Å². The molecular weight excluding hydrogens is 517 g/mol. The van der Waals surface area contributed by atoms with Crippen molar-refractivity contribution < 1.29 is 18.9 Å². The summed E-state index contributed by atoms with van der Waals surface area (Å²) in [6, 6.07) is 10.2. The lowest BCUT2D eigenvalue weighted by Gasteiger charge is -2.64. The molecule has 1 aromatic carbocycles. The zero-order valence-corrected chi connectivity index (χ0v) is 24.8. The molecule has 0 radical (unpaired) electrons. The maximum atomic E-state index is 14.2. The number of amides is 2. The first-order valence-corrected chi connectivity index (χ1v) is 15.6. The highest BCUT2D eigenvalue weighted by Gasteiger charge is 2.69. The molecule has 5 N–H and O–H groups in total. The van der Waals surface area contributed by atoms with Crippen LogP contribution in [0.15, 0.2) is 35.3 Å². The van der Waals surface area contributed by atoms with Crippen molar-refractivity contribution in [2.24, 2.45) is 33.7 Å². The monoisotopic (exact) mass is 563 g/mol. The third-order valence-electron chi connectivity index (χ3n) is 11.4. The molecule has 3 heterocycles. The second-order valence-corrected chi connectivity index (χ2v) is 13.9. The van der Waals surface area contributed by atoms with Gasteiger partial charge in [0.15, 0.2) is 5.96 Å². The van der Waals surface area contributed by atoms with E-state index in [1.807, 2.05) is 35.2 Å². The molecule has 9 nitrogen and oxygen atoms in total. The Kier molecular flexibility index (Phi) is 7.38. The highest BCUT2D eigenvalue weighted by Crippen LogP contribution is 2.65. The molecule has 2 amide bonds. The molecular formula is C31H46BN5O4. The van der Waals surface area contributed by atoms with Gasteiger partial charge in [-0.2, -0.15) is 0 Å². The lowest BCUT2D eigenvalue weighted by Crippen LogP contribution is -2.65. The third kappa shape index (κ3) is 4.85. The Morgan fingerprint density at radius 1 is 1.15 bits per heavy atom. The van der Waals surface area contributed by atoms with Crippen molar-refractivity contribution in [1.82, 2.24) is 10.2 Å². The van der Waals surface area contributed by atoms with Crippen molar-refractivity contribution in [3.8, 4) is 0 Å². The summed E-state index contributed by atoms with van der Waals surface area (Å²) < 4.78 is 13.4. The molecule has 41 heavy (non-hydrogen) atoms. The summed E-state index contributed by atoms with van der Waals surface area (Å²) in [5.41, 5.74) is 11.3. The SMILES string of the molecule is CC1(C)[C@@H]2C[C@H]3OB([C@H](CCCN=C(N)N)NC(=O)C45CCC(CC4)N5C(=O)CCc4ccccc4)O[C@@]3(C)[C@H]1C2. The average molecular weight is 564 g/mol. The molecule has 222 valence electrons. The first kappa shape index (κ1) is 28.5. The van der Waals surface area contributed by atoms with Crippen LogP contribution in [0.3, 0.4) is 0 Å². The van der Waals surface area contributed by atoms with Crippen molar-refractivity contribution in [2.75, 3.05) is 6.54 Å². The number of hydrogen-bond donors (Lipinski definition) is 3. The van der Waals surface area contributed by atoms with Gasteiger partial charge in [0, 0.05) is 19.0 Å². The maximum Gasteiger partial charge on any atom is 0.481 e. The van der Waals surface area contributed by atoms with Crippen LogP contribution in [-0.4, -0.2) is 65.6 Å². The number of rotatable bonds is 10. The molecule has 4 bridgehead atoms. The summed E-state index contributed by atoms with van der Waals surface area (Å²) in [5.74, 6) is 0.784. The van der Waals surface area contributed by atoms with Gasteiger partial charge in [-0.3, -0.25) is 14.6 Å². The zero-order chi connectivity index (χ0) is 29.0. The molecule has 7 rings (SSSR count). The number of aliphatic imine (C=N–C) groups is 1. The van der Waals surface area contributed by atoms with Crippen LogP contribution >= 0.6 is 0 Å². The van der Waals surface area contributed by atoms with E-state index < -0.39 is 12.7 Å². The minimum absolute atomic E-state index is 0.0259. The fourth-order valence-corrected chi connectivity index (χ4v) is 8.89. The van der Waals surface area contributed by atoms with E-state index in [1.165, 1.54) is 6.42 Å². The van der Waals surface area contributed by atoms with Gasteiger partial charge in [-0.25, -0.2) is 0 Å². The van der Waals surface area contributed by atoms with Gasteiger partial charge in [-0.1, -0.05) is 44.2 Å². The molecule has 0 aromatic heterocycles. The van der Waals surface area contributed by atoms with Crippen LogP contribution in [0.1, 0.15) is 84.1 Å². The number of fused-ring (bicyclic) bond motifs is 2. The molecule has 0 spiro atoms. The Balaban J connectivity index is 1.17. The summed E-state index contributed by atoms with van der Waals surface area (Å²) >= 11 is 0. The van der Waals surface area contributed by atoms with Crippen LogP contribution in [0.25, 0.3) is 0 Å². The van der Waals surface area contributed by atoms with E-state index >= 15 is 0 Å². The molecule has 3 aliphatic heterocycles. The molecule has 3 saturated carbocycles. The predicted octanol–water partition coefficient (Wildman–Crippen LogP) is 2.95. The standard InChI is InChI=1S/C31H46BN5O4/c1-29(2)21-18-23(29)30(3)24(19-21)40-32(41-30)25(10-7-17-35-28(33)34)36-27(39)31-15-13-22(14-16-31)37(31)26(38)12-11-20-8-5-4-6-9-20/h4-6,8-9,21-25H,7,10-19H2,1-3H3,(H,36,39)(H4,33,34,35)/t21-,22?,23-,24+,25-,30-,31?/m0/s1. The molecule has 3 saturated heterocycles. The van der Waals surface area contributed by atoms with Crippen LogP contribution in [0.5, 0.6) is 0 Å². The van der Waals surface area contributed by atoms with Crippen LogP contribution in [0.4, 0.5) is 0 Å². The van der Waals surface area contributed by atoms with Gasteiger partial charge in [-0.05, 0) is 87.5 Å². The molecule has 6 fully saturated rings. The van der Waals surface area contributed by atoms with Gasteiger partial charge in [-0.15, -0.1) is 0 Å². The third-order valence-corrected chi connectivity index (χ3v) is 11.4. The van der Waals surface area contributed by atoms with Crippen molar-refractivity contribution >= 4 is 24.9 Å². The van der Waals surface area contributed by atoms with Gasteiger partial charge >= 0.3 is 7.12 Å². The lowest BCUT2D eigenvalue weighted by atomic mass is 9.43. The Bertz CT molecular complexity index is 1180. The first-order valence-electron chi connectivity index (χ1n) is 15.6. The molecule has 10 heteroatoms. The number of nitrogens with one attached hydrogen (secondary N) is 1. The predicted molar refractivity (Wildman–Crippen MR) is 159 cm³/mol. The number of carbonyl (C=O) groups excluding carboxylic acids is 2.